The minimum atomic E-state index is -0.307. The molecule has 7 heteroatoms. The second-order valence-corrected chi connectivity index (χ2v) is 5.97. The van der Waals surface area contributed by atoms with Crippen LogP contribution in [0.2, 0.25) is 5.02 Å². The van der Waals surface area contributed by atoms with Gasteiger partial charge in [0.1, 0.15) is 18.2 Å². The van der Waals surface area contributed by atoms with Crippen molar-refractivity contribution in [3.63, 3.8) is 0 Å². The standard InChI is InChI=1S/C18H13ClN4O2/c1-11-15-8-12(19)2-7-16(15)25-17(11)18(24)22-13-3-5-14(6-4-13)23-10-20-9-21-23/h2-10H,1H3,(H,22,24). The molecule has 0 radical (unpaired) electrons. The van der Waals surface area contributed by atoms with E-state index in [1.165, 1.54) is 6.33 Å². The molecule has 0 bridgehead atoms. The van der Waals surface area contributed by atoms with Crippen molar-refractivity contribution < 1.29 is 9.21 Å². The Hall–Kier alpha value is -3.12. The lowest BCUT2D eigenvalue weighted by Gasteiger charge is -2.05. The first kappa shape index (κ1) is 15.4. The highest BCUT2D eigenvalue weighted by Crippen LogP contribution is 2.28. The summed E-state index contributed by atoms with van der Waals surface area (Å²) in [7, 11) is 0. The summed E-state index contributed by atoms with van der Waals surface area (Å²) in [5.74, 6) is -0.0315. The monoisotopic (exact) mass is 352 g/mol. The van der Waals surface area contributed by atoms with Gasteiger partial charge in [0.25, 0.3) is 5.91 Å². The Kier molecular flexibility index (Phi) is 3.74. The van der Waals surface area contributed by atoms with Gasteiger partial charge in [-0.25, -0.2) is 9.67 Å². The number of anilines is 1. The summed E-state index contributed by atoms with van der Waals surface area (Å²) < 4.78 is 7.32. The summed E-state index contributed by atoms with van der Waals surface area (Å²) in [4.78, 5) is 16.4. The van der Waals surface area contributed by atoms with Crippen LogP contribution in [0.25, 0.3) is 16.7 Å². The van der Waals surface area contributed by atoms with Crippen LogP contribution in [-0.4, -0.2) is 20.7 Å². The molecule has 0 unspecified atom stereocenters. The van der Waals surface area contributed by atoms with Crippen molar-refractivity contribution in [3.8, 4) is 5.69 Å². The Bertz CT molecular complexity index is 1050. The number of aromatic nitrogens is 3. The summed E-state index contributed by atoms with van der Waals surface area (Å²) in [6, 6.07) is 12.6. The highest BCUT2D eigenvalue weighted by molar-refractivity contribution is 6.31. The molecule has 1 N–H and O–H groups in total. The average molecular weight is 353 g/mol. The molecule has 0 aliphatic heterocycles. The van der Waals surface area contributed by atoms with Crippen LogP contribution in [0.5, 0.6) is 0 Å². The zero-order valence-corrected chi connectivity index (χ0v) is 14.0. The fourth-order valence-corrected chi connectivity index (χ4v) is 2.81. The molecule has 4 aromatic rings. The van der Waals surface area contributed by atoms with Gasteiger partial charge in [-0.15, -0.1) is 0 Å². The van der Waals surface area contributed by atoms with E-state index in [1.54, 1.807) is 41.3 Å². The van der Waals surface area contributed by atoms with Crippen molar-refractivity contribution in [2.45, 2.75) is 6.92 Å². The molecule has 2 heterocycles. The molecule has 0 spiro atoms. The van der Waals surface area contributed by atoms with Gasteiger partial charge in [-0.05, 0) is 49.4 Å². The van der Waals surface area contributed by atoms with Crippen LogP contribution in [0.3, 0.4) is 0 Å². The first-order valence-corrected chi connectivity index (χ1v) is 7.95. The highest BCUT2D eigenvalue weighted by Gasteiger charge is 2.18. The molecule has 0 aliphatic carbocycles. The number of halogens is 1. The SMILES string of the molecule is Cc1c(C(=O)Nc2ccc(-n3cncn3)cc2)oc2ccc(Cl)cc12. The van der Waals surface area contributed by atoms with Crippen molar-refractivity contribution in [1.29, 1.82) is 0 Å². The molecule has 1 amide bonds. The van der Waals surface area contributed by atoms with Crippen molar-refractivity contribution in [3.05, 3.63) is 71.5 Å². The number of benzene rings is 2. The minimum absolute atomic E-state index is 0.276. The van der Waals surface area contributed by atoms with E-state index in [-0.39, 0.29) is 11.7 Å². The van der Waals surface area contributed by atoms with Crippen LogP contribution in [0.15, 0.2) is 59.5 Å². The number of aryl methyl sites for hydroxylation is 1. The number of hydrogen-bond acceptors (Lipinski definition) is 4. The summed E-state index contributed by atoms with van der Waals surface area (Å²) in [5, 5.41) is 8.33. The van der Waals surface area contributed by atoms with E-state index in [9.17, 15) is 4.79 Å². The van der Waals surface area contributed by atoms with E-state index in [2.05, 4.69) is 15.4 Å². The maximum Gasteiger partial charge on any atom is 0.291 e. The quantitative estimate of drug-likeness (QED) is 0.599. The molecule has 0 saturated carbocycles. The summed E-state index contributed by atoms with van der Waals surface area (Å²) in [5.41, 5.74) is 2.90. The largest absolute Gasteiger partial charge is 0.451 e. The Labute approximate surface area is 148 Å². The number of furan rings is 1. The number of amides is 1. The van der Waals surface area contributed by atoms with Crippen LogP contribution >= 0.6 is 11.6 Å². The Morgan fingerprint density at radius 2 is 2.00 bits per heavy atom. The minimum Gasteiger partial charge on any atom is -0.451 e. The highest BCUT2D eigenvalue weighted by atomic mass is 35.5. The van der Waals surface area contributed by atoms with E-state index in [0.29, 0.717) is 16.3 Å². The third-order valence-electron chi connectivity index (χ3n) is 3.91. The predicted octanol–water partition coefficient (Wildman–Crippen LogP) is 4.23. The number of nitrogens with one attached hydrogen (secondary N) is 1. The number of hydrogen-bond donors (Lipinski definition) is 1. The lowest BCUT2D eigenvalue weighted by molar-refractivity contribution is 0.0998. The lowest BCUT2D eigenvalue weighted by atomic mass is 10.1. The van der Waals surface area contributed by atoms with Crippen LogP contribution in [-0.2, 0) is 0 Å². The van der Waals surface area contributed by atoms with Crippen molar-refractivity contribution in [2.24, 2.45) is 0 Å². The predicted molar refractivity (Wildman–Crippen MR) is 95.3 cm³/mol. The normalized spacial score (nSPS) is 11.0. The maximum atomic E-state index is 12.5. The van der Waals surface area contributed by atoms with Crippen LogP contribution in [0.4, 0.5) is 5.69 Å². The molecule has 0 atom stereocenters. The molecule has 0 fully saturated rings. The smallest absolute Gasteiger partial charge is 0.291 e. The van der Waals surface area contributed by atoms with Crippen molar-refractivity contribution >= 4 is 34.2 Å². The Balaban J connectivity index is 1.59. The fourth-order valence-electron chi connectivity index (χ4n) is 2.64. The zero-order valence-electron chi connectivity index (χ0n) is 13.2. The number of fused-ring (bicyclic) bond motifs is 1. The number of nitrogens with zero attached hydrogens (tertiary/aromatic N) is 3. The first-order chi connectivity index (χ1) is 12.1. The van der Waals surface area contributed by atoms with Crippen molar-refractivity contribution in [1.82, 2.24) is 14.8 Å². The van der Waals surface area contributed by atoms with Gasteiger partial charge in [-0.1, -0.05) is 11.6 Å². The van der Waals surface area contributed by atoms with Gasteiger partial charge in [0.05, 0.1) is 5.69 Å². The van der Waals surface area contributed by atoms with Gasteiger partial charge in [0.2, 0.25) is 0 Å². The Morgan fingerprint density at radius 1 is 1.20 bits per heavy atom. The van der Waals surface area contributed by atoms with E-state index in [1.807, 2.05) is 19.1 Å². The average Bonchev–Trinajstić information content (AvgIpc) is 3.25. The molecule has 124 valence electrons. The first-order valence-electron chi connectivity index (χ1n) is 7.57. The molecule has 4 rings (SSSR count). The topological polar surface area (TPSA) is 73.0 Å². The summed E-state index contributed by atoms with van der Waals surface area (Å²) in [6.07, 6.45) is 3.07. The van der Waals surface area contributed by atoms with Gasteiger partial charge in [0, 0.05) is 21.7 Å². The summed E-state index contributed by atoms with van der Waals surface area (Å²) >= 11 is 6.01. The van der Waals surface area contributed by atoms with Gasteiger partial charge >= 0.3 is 0 Å². The van der Waals surface area contributed by atoms with Crippen molar-refractivity contribution in [2.75, 3.05) is 5.32 Å². The van der Waals surface area contributed by atoms with Gasteiger partial charge in [0.15, 0.2) is 5.76 Å². The molecule has 25 heavy (non-hydrogen) atoms. The van der Waals surface area contributed by atoms with Gasteiger partial charge in [-0.2, -0.15) is 5.10 Å². The third-order valence-corrected chi connectivity index (χ3v) is 4.15. The molecular formula is C18H13ClN4O2. The third kappa shape index (κ3) is 2.88. The van der Waals surface area contributed by atoms with E-state index in [4.69, 9.17) is 16.0 Å². The number of rotatable bonds is 3. The van der Waals surface area contributed by atoms with E-state index < -0.39 is 0 Å². The lowest BCUT2D eigenvalue weighted by Crippen LogP contribution is -2.12. The van der Waals surface area contributed by atoms with Crippen LogP contribution in [0.1, 0.15) is 16.1 Å². The maximum absolute atomic E-state index is 12.5. The Morgan fingerprint density at radius 3 is 2.72 bits per heavy atom. The van der Waals surface area contributed by atoms with E-state index in [0.717, 1.165) is 16.6 Å². The fraction of sp³-hybridized carbons (Fsp3) is 0.0556. The molecule has 0 saturated heterocycles. The molecule has 6 nitrogen and oxygen atoms in total. The second-order valence-electron chi connectivity index (χ2n) is 5.54. The van der Waals surface area contributed by atoms with Crippen LogP contribution < -0.4 is 5.32 Å². The van der Waals surface area contributed by atoms with Crippen LogP contribution in [0, 0.1) is 6.92 Å². The van der Waals surface area contributed by atoms with Gasteiger partial charge < -0.3 is 9.73 Å². The second kappa shape index (κ2) is 6.07. The van der Waals surface area contributed by atoms with Gasteiger partial charge in [-0.3, -0.25) is 4.79 Å². The molecule has 2 aromatic carbocycles. The molecular weight excluding hydrogens is 340 g/mol. The number of carbonyl (C=O) groups excluding carboxylic acids is 1. The van der Waals surface area contributed by atoms with E-state index >= 15 is 0 Å². The number of carbonyl (C=O) groups is 1. The summed E-state index contributed by atoms with van der Waals surface area (Å²) in [6.45, 7) is 1.84. The zero-order chi connectivity index (χ0) is 17.4. The molecule has 0 aliphatic rings. The molecule has 2 aromatic heterocycles.